The van der Waals surface area contributed by atoms with E-state index in [9.17, 15) is 0 Å². The Balaban J connectivity index is 2.53. The Morgan fingerprint density at radius 2 is 2.14 bits per heavy atom. The largest absolute Gasteiger partial charge is 0.326 e. The molecular formula is C11H10ClNS. The van der Waals surface area contributed by atoms with E-state index in [1.807, 2.05) is 24.3 Å². The van der Waals surface area contributed by atoms with Crippen molar-refractivity contribution in [2.75, 3.05) is 0 Å². The van der Waals surface area contributed by atoms with Crippen LogP contribution in [0, 0.1) is 0 Å². The third-order valence-corrected chi connectivity index (χ3v) is 3.21. The first-order valence-electron chi connectivity index (χ1n) is 4.33. The molecule has 0 atom stereocenters. The summed E-state index contributed by atoms with van der Waals surface area (Å²) in [6.07, 6.45) is 0. The lowest BCUT2D eigenvalue weighted by molar-refractivity contribution is 1.08. The lowest BCUT2D eigenvalue weighted by Crippen LogP contribution is -1.98. The van der Waals surface area contributed by atoms with Gasteiger partial charge in [-0.3, -0.25) is 0 Å². The molecule has 14 heavy (non-hydrogen) atoms. The molecule has 0 aliphatic rings. The molecule has 2 rings (SSSR count). The summed E-state index contributed by atoms with van der Waals surface area (Å²) in [5.74, 6) is 0. The SMILES string of the molecule is NCc1cc(Cl)ccc1-c1cccs1. The van der Waals surface area contributed by atoms with Gasteiger partial charge in [0, 0.05) is 16.4 Å². The summed E-state index contributed by atoms with van der Waals surface area (Å²) in [7, 11) is 0. The lowest BCUT2D eigenvalue weighted by Gasteiger charge is -2.05. The Labute approximate surface area is 92.1 Å². The first-order valence-corrected chi connectivity index (χ1v) is 5.59. The molecule has 0 saturated carbocycles. The molecule has 1 heterocycles. The second-order valence-corrected chi connectivity index (χ2v) is 4.37. The first-order chi connectivity index (χ1) is 6.81. The third kappa shape index (κ3) is 1.82. The highest BCUT2D eigenvalue weighted by Crippen LogP contribution is 2.29. The van der Waals surface area contributed by atoms with Crippen molar-refractivity contribution < 1.29 is 0 Å². The van der Waals surface area contributed by atoms with Crippen LogP contribution in [-0.2, 0) is 6.54 Å². The highest BCUT2D eigenvalue weighted by molar-refractivity contribution is 7.13. The van der Waals surface area contributed by atoms with Gasteiger partial charge in [0.2, 0.25) is 0 Å². The van der Waals surface area contributed by atoms with Gasteiger partial charge in [-0.1, -0.05) is 23.7 Å². The average Bonchev–Trinajstić information content (AvgIpc) is 2.70. The summed E-state index contributed by atoms with van der Waals surface area (Å²) >= 11 is 7.62. The smallest absolute Gasteiger partial charge is 0.0409 e. The topological polar surface area (TPSA) is 26.0 Å². The van der Waals surface area contributed by atoms with Crippen LogP contribution < -0.4 is 5.73 Å². The van der Waals surface area contributed by atoms with Crippen molar-refractivity contribution >= 4 is 22.9 Å². The Kier molecular flexibility index (Phi) is 2.87. The molecule has 3 heteroatoms. The molecule has 0 saturated heterocycles. The zero-order valence-corrected chi connectivity index (χ0v) is 9.11. The third-order valence-electron chi connectivity index (χ3n) is 2.07. The molecule has 0 unspecified atom stereocenters. The van der Waals surface area contributed by atoms with Gasteiger partial charge in [-0.25, -0.2) is 0 Å². The van der Waals surface area contributed by atoms with Crippen LogP contribution in [0.3, 0.4) is 0 Å². The van der Waals surface area contributed by atoms with Crippen LogP contribution in [0.2, 0.25) is 5.02 Å². The summed E-state index contributed by atoms with van der Waals surface area (Å²) in [5, 5.41) is 2.80. The zero-order chi connectivity index (χ0) is 9.97. The van der Waals surface area contributed by atoms with E-state index in [1.54, 1.807) is 11.3 Å². The van der Waals surface area contributed by atoms with Crippen molar-refractivity contribution in [3.8, 4) is 10.4 Å². The standard InChI is InChI=1S/C11H10ClNS/c12-9-3-4-10(8(6-9)7-13)11-2-1-5-14-11/h1-6H,7,13H2. The number of nitrogens with two attached hydrogens (primary N) is 1. The zero-order valence-electron chi connectivity index (χ0n) is 7.53. The van der Waals surface area contributed by atoms with Gasteiger partial charge in [0.25, 0.3) is 0 Å². The molecule has 2 N–H and O–H groups in total. The van der Waals surface area contributed by atoms with Gasteiger partial charge in [0.15, 0.2) is 0 Å². The molecule has 2 aromatic rings. The van der Waals surface area contributed by atoms with Crippen LogP contribution in [0.5, 0.6) is 0 Å². The Morgan fingerprint density at radius 3 is 2.79 bits per heavy atom. The van der Waals surface area contributed by atoms with Gasteiger partial charge in [-0.2, -0.15) is 0 Å². The number of rotatable bonds is 2. The van der Waals surface area contributed by atoms with E-state index in [4.69, 9.17) is 17.3 Å². The van der Waals surface area contributed by atoms with E-state index in [2.05, 4.69) is 11.4 Å². The normalized spacial score (nSPS) is 10.4. The lowest BCUT2D eigenvalue weighted by atomic mass is 10.1. The average molecular weight is 224 g/mol. The monoisotopic (exact) mass is 223 g/mol. The maximum absolute atomic E-state index is 5.90. The highest BCUT2D eigenvalue weighted by Gasteiger charge is 2.04. The fraction of sp³-hybridized carbons (Fsp3) is 0.0909. The van der Waals surface area contributed by atoms with Crippen molar-refractivity contribution in [1.29, 1.82) is 0 Å². The summed E-state index contributed by atoms with van der Waals surface area (Å²) < 4.78 is 0. The van der Waals surface area contributed by atoms with Crippen LogP contribution in [0.25, 0.3) is 10.4 Å². The first kappa shape index (κ1) is 9.71. The molecule has 0 spiro atoms. The molecule has 0 fully saturated rings. The van der Waals surface area contributed by atoms with Crippen molar-refractivity contribution in [1.82, 2.24) is 0 Å². The second kappa shape index (κ2) is 4.13. The number of halogens is 1. The number of benzene rings is 1. The molecule has 0 bridgehead atoms. The Morgan fingerprint density at radius 1 is 1.29 bits per heavy atom. The summed E-state index contributed by atoms with van der Waals surface area (Å²) in [6.45, 7) is 0.522. The molecule has 0 radical (unpaired) electrons. The van der Waals surface area contributed by atoms with E-state index in [0.29, 0.717) is 6.54 Å². The number of hydrogen-bond donors (Lipinski definition) is 1. The van der Waals surface area contributed by atoms with E-state index in [0.717, 1.165) is 10.6 Å². The van der Waals surface area contributed by atoms with E-state index in [1.165, 1.54) is 10.4 Å². The summed E-state index contributed by atoms with van der Waals surface area (Å²) in [4.78, 5) is 1.24. The van der Waals surface area contributed by atoms with Crippen molar-refractivity contribution in [2.24, 2.45) is 5.73 Å². The van der Waals surface area contributed by atoms with Crippen LogP contribution in [0.4, 0.5) is 0 Å². The second-order valence-electron chi connectivity index (χ2n) is 2.98. The van der Waals surface area contributed by atoms with E-state index >= 15 is 0 Å². The molecule has 1 nitrogen and oxygen atoms in total. The minimum Gasteiger partial charge on any atom is -0.326 e. The van der Waals surface area contributed by atoms with Crippen molar-refractivity contribution in [3.63, 3.8) is 0 Å². The summed E-state index contributed by atoms with van der Waals surface area (Å²) in [5.41, 5.74) is 7.96. The fourth-order valence-corrected chi connectivity index (χ4v) is 2.39. The molecule has 0 aliphatic heterocycles. The maximum Gasteiger partial charge on any atom is 0.0409 e. The van der Waals surface area contributed by atoms with Gasteiger partial charge in [-0.05, 0) is 34.7 Å². The van der Waals surface area contributed by atoms with E-state index < -0.39 is 0 Å². The van der Waals surface area contributed by atoms with Crippen LogP contribution in [0.15, 0.2) is 35.7 Å². The van der Waals surface area contributed by atoms with Crippen molar-refractivity contribution in [2.45, 2.75) is 6.54 Å². The van der Waals surface area contributed by atoms with Crippen LogP contribution >= 0.6 is 22.9 Å². The molecule has 1 aromatic carbocycles. The van der Waals surface area contributed by atoms with Gasteiger partial charge >= 0.3 is 0 Å². The molecule has 0 aliphatic carbocycles. The minimum absolute atomic E-state index is 0.522. The molecule has 72 valence electrons. The Hall–Kier alpha value is -0.830. The van der Waals surface area contributed by atoms with Gasteiger partial charge < -0.3 is 5.73 Å². The minimum atomic E-state index is 0.522. The fourth-order valence-electron chi connectivity index (χ4n) is 1.40. The molecular weight excluding hydrogens is 214 g/mol. The van der Waals surface area contributed by atoms with Gasteiger partial charge in [-0.15, -0.1) is 11.3 Å². The molecule has 1 aromatic heterocycles. The Bertz CT molecular complexity index is 423. The number of thiophene rings is 1. The number of hydrogen-bond acceptors (Lipinski definition) is 2. The quantitative estimate of drug-likeness (QED) is 0.828. The van der Waals surface area contributed by atoms with Gasteiger partial charge in [0.05, 0.1) is 0 Å². The molecule has 0 amide bonds. The predicted octanol–water partition coefficient (Wildman–Crippen LogP) is 3.53. The summed E-state index contributed by atoms with van der Waals surface area (Å²) in [6, 6.07) is 9.98. The van der Waals surface area contributed by atoms with E-state index in [-0.39, 0.29) is 0 Å². The predicted molar refractivity (Wildman–Crippen MR) is 62.7 cm³/mol. The van der Waals surface area contributed by atoms with Crippen LogP contribution in [-0.4, -0.2) is 0 Å². The maximum atomic E-state index is 5.90. The van der Waals surface area contributed by atoms with Crippen LogP contribution in [0.1, 0.15) is 5.56 Å². The van der Waals surface area contributed by atoms with Crippen molar-refractivity contribution in [3.05, 3.63) is 46.3 Å². The van der Waals surface area contributed by atoms with Gasteiger partial charge in [0.1, 0.15) is 0 Å². The highest BCUT2D eigenvalue weighted by atomic mass is 35.5.